The van der Waals surface area contributed by atoms with Crippen molar-refractivity contribution in [2.45, 2.75) is 10.8 Å². The van der Waals surface area contributed by atoms with Crippen LogP contribution in [0.25, 0.3) is 43.9 Å². The summed E-state index contributed by atoms with van der Waals surface area (Å²) in [6.07, 6.45) is 0. The van der Waals surface area contributed by atoms with E-state index in [2.05, 4.69) is 240 Å². The predicted molar refractivity (Wildman–Crippen MR) is 316 cm³/mol. The van der Waals surface area contributed by atoms with E-state index in [4.69, 9.17) is 18.3 Å². The molecule has 368 valence electrons. The molecule has 3 aliphatic rings. The zero-order valence-electron chi connectivity index (χ0n) is 41.6. The van der Waals surface area contributed by atoms with Gasteiger partial charge < -0.3 is 28.1 Å². The molecular weight excluding hydrogens is 997 g/mol. The van der Waals surface area contributed by atoms with Crippen molar-refractivity contribution in [1.82, 2.24) is 0 Å². The van der Waals surface area contributed by atoms with E-state index in [1.165, 1.54) is 20.9 Å². The number of hydrogen-bond donors (Lipinski definition) is 0. The van der Waals surface area contributed by atoms with Crippen LogP contribution in [0.3, 0.4) is 0 Å². The molecule has 10 aromatic carbocycles. The van der Waals surface area contributed by atoms with Gasteiger partial charge in [-0.15, -0.1) is 22.7 Å². The second-order valence-electron chi connectivity index (χ2n) is 20.2. The van der Waals surface area contributed by atoms with Crippen LogP contribution in [0.15, 0.2) is 264 Å². The second kappa shape index (κ2) is 16.5. The Bertz CT molecular complexity index is 4300. The summed E-state index contributed by atoms with van der Waals surface area (Å²) >= 11 is 3.70. The lowest BCUT2D eigenvalue weighted by atomic mass is 9.54. The number of fused-ring (bicyclic) bond motifs is 20. The van der Waals surface area contributed by atoms with E-state index < -0.39 is 10.8 Å². The number of rotatable bonds is 6. The van der Waals surface area contributed by atoms with Crippen LogP contribution in [-0.4, -0.2) is 0 Å². The Balaban J connectivity index is 1.01. The van der Waals surface area contributed by atoms with Crippen LogP contribution in [0.5, 0.6) is 23.0 Å². The fourth-order valence-electron chi connectivity index (χ4n) is 13.1. The van der Waals surface area contributed by atoms with Crippen molar-refractivity contribution in [3.05, 3.63) is 298 Å². The van der Waals surface area contributed by atoms with Gasteiger partial charge in [-0.05, 0) is 108 Å². The number of furan rings is 2. The van der Waals surface area contributed by atoms with Crippen LogP contribution in [-0.2, 0) is 10.8 Å². The van der Waals surface area contributed by atoms with Crippen LogP contribution in [0, 0.1) is 0 Å². The summed E-state index contributed by atoms with van der Waals surface area (Å²) in [4.78, 5) is 7.22. The van der Waals surface area contributed by atoms with Crippen molar-refractivity contribution in [3.63, 3.8) is 0 Å². The van der Waals surface area contributed by atoms with Gasteiger partial charge in [0.25, 0.3) is 0 Å². The quantitative estimate of drug-likeness (QED) is 0.165. The van der Waals surface area contributed by atoms with Crippen molar-refractivity contribution >= 4 is 99.3 Å². The maximum atomic E-state index is 7.05. The average molecular weight is 1040 g/mol. The molecule has 2 aliphatic heterocycles. The van der Waals surface area contributed by atoms with Gasteiger partial charge >= 0.3 is 0 Å². The summed E-state index contributed by atoms with van der Waals surface area (Å²) in [5.41, 5.74) is 12.4. The smallest absolute Gasteiger partial charge is 0.137 e. The number of hydrogen-bond acceptors (Lipinski definition) is 8. The van der Waals surface area contributed by atoms with Crippen LogP contribution in [0.4, 0.5) is 32.8 Å². The van der Waals surface area contributed by atoms with Gasteiger partial charge in [-0.1, -0.05) is 146 Å². The lowest BCUT2D eigenvalue weighted by Gasteiger charge is -2.50. The monoisotopic (exact) mass is 1040 g/mol. The Morgan fingerprint density at radius 1 is 0.269 bits per heavy atom. The minimum absolute atomic E-state index is 0.824. The third kappa shape index (κ3) is 5.95. The highest BCUT2D eigenvalue weighted by Gasteiger charge is 2.61. The zero-order valence-corrected chi connectivity index (χ0v) is 43.2. The first-order valence-corrected chi connectivity index (χ1v) is 27.8. The molecule has 0 radical (unpaired) electrons. The molecule has 17 rings (SSSR count). The molecule has 0 atom stereocenters. The molecule has 1 aliphatic carbocycles. The van der Waals surface area contributed by atoms with Gasteiger partial charge in [-0.25, -0.2) is 0 Å². The molecule has 0 fully saturated rings. The molecule has 0 N–H and O–H groups in total. The number of ether oxygens (including phenoxy) is 2. The molecule has 0 amide bonds. The SMILES string of the molecule is c1ccc(N(c2ccc3c(c2)oc2ccccc23)c2cc3c(s2)C2(c4ccccc4Oc4ccccc42)c2cc(N(c4ccccc4)c4ccc5c(c4)oc4ccccc45)sc2C32c3ccccc3Oc3ccccc32)cc1. The molecule has 0 saturated carbocycles. The lowest BCUT2D eigenvalue weighted by molar-refractivity contribution is 0.418. The third-order valence-corrected chi connectivity index (χ3v) is 18.7. The van der Waals surface area contributed by atoms with E-state index in [9.17, 15) is 0 Å². The molecule has 8 heteroatoms. The molecule has 2 spiro atoms. The first-order chi connectivity index (χ1) is 38.6. The fraction of sp³-hybridized carbons (Fsp3) is 0.0286. The number of thiophene rings is 2. The van der Waals surface area contributed by atoms with Gasteiger partial charge in [-0.3, -0.25) is 0 Å². The van der Waals surface area contributed by atoms with Gasteiger partial charge in [0.2, 0.25) is 0 Å². The maximum Gasteiger partial charge on any atom is 0.137 e. The van der Waals surface area contributed by atoms with E-state index in [1.807, 2.05) is 46.9 Å². The topological polar surface area (TPSA) is 51.2 Å². The van der Waals surface area contributed by atoms with Gasteiger partial charge in [0.1, 0.15) is 55.3 Å². The predicted octanol–water partition coefficient (Wildman–Crippen LogP) is 19.8. The molecule has 6 nitrogen and oxygen atoms in total. The van der Waals surface area contributed by atoms with E-state index >= 15 is 0 Å². The Kier molecular flexibility index (Phi) is 9.20. The molecule has 0 bridgehead atoms. The Morgan fingerprint density at radius 3 is 1.00 bits per heavy atom. The molecular formula is C70H42N2O4S2. The maximum absolute atomic E-state index is 7.05. The number of anilines is 6. The standard InChI is InChI=1S/C70H42N2O4S2/c1-3-19-43(20-4-1)71(45-35-37-49-47-23-7-13-29-57(47)73-63(49)39-45)65-41-55-67(77-65)70(53-27-11-17-33-61(53)76-62-34-18-12-28-54(62)70)56-42-66(78-68(56)69(55)51-25-9-15-31-59(51)75-60-32-16-10-26-52(60)69)72(44-21-5-2-6-22-44)46-36-38-50-48-24-8-14-30-58(48)74-64(50)40-46/h1-42H. The summed E-state index contributed by atoms with van der Waals surface area (Å²) < 4.78 is 27.4. The number of nitrogens with zero attached hydrogens (tertiary/aromatic N) is 2. The molecule has 14 aromatic rings. The molecule has 0 unspecified atom stereocenters. The number of benzene rings is 10. The zero-order chi connectivity index (χ0) is 51.1. The van der Waals surface area contributed by atoms with Gasteiger partial charge in [0.05, 0.1) is 22.2 Å². The van der Waals surface area contributed by atoms with E-state index in [0.29, 0.717) is 0 Å². The van der Waals surface area contributed by atoms with Crippen molar-refractivity contribution in [2.24, 2.45) is 0 Å². The molecule has 0 saturated heterocycles. The Morgan fingerprint density at radius 2 is 0.603 bits per heavy atom. The minimum atomic E-state index is -0.878. The summed E-state index contributed by atoms with van der Waals surface area (Å²) in [5.74, 6) is 3.30. The van der Waals surface area contributed by atoms with Crippen LogP contribution in [0.1, 0.15) is 43.1 Å². The largest absolute Gasteiger partial charge is 0.457 e. The Labute approximate surface area is 456 Å². The third-order valence-electron chi connectivity index (χ3n) is 16.2. The lowest BCUT2D eigenvalue weighted by Crippen LogP contribution is -2.45. The molecule has 78 heavy (non-hydrogen) atoms. The highest BCUT2D eigenvalue weighted by Crippen LogP contribution is 2.71. The first-order valence-electron chi connectivity index (χ1n) is 26.2. The van der Waals surface area contributed by atoms with Gasteiger partial charge in [0, 0.05) is 77.1 Å². The highest BCUT2D eigenvalue weighted by atomic mass is 32.1. The minimum Gasteiger partial charge on any atom is -0.457 e. The fourth-order valence-corrected chi connectivity index (χ4v) is 16.0. The second-order valence-corrected chi connectivity index (χ2v) is 22.3. The van der Waals surface area contributed by atoms with Gasteiger partial charge in [-0.2, -0.15) is 0 Å². The molecule has 6 heterocycles. The van der Waals surface area contributed by atoms with Crippen molar-refractivity contribution < 1.29 is 18.3 Å². The summed E-state index contributed by atoms with van der Waals surface area (Å²) in [7, 11) is 0. The van der Waals surface area contributed by atoms with E-state index in [-0.39, 0.29) is 0 Å². The Hall–Kier alpha value is -9.60. The van der Waals surface area contributed by atoms with Gasteiger partial charge in [0.15, 0.2) is 0 Å². The highest BCUT2D eigenvalue weighted by molar-refractivity contribution is 7.18. The van der Waals surface area contributed by atoms with E-state index in [0.717, 1.165) is 122 Å². The van der Waals surface area contributed by atoms with Crippen molar-refractivity contribution in [2.75, 3.05) is 9.80 Å². The summed E-state index contributed by atoms with van der Waals surface area (Å²) in [6, 6.07) is 91.1. The summed E-state index contributed by atoms with van der Waals surface area (Å²) in [5, 5.41) is 6.48. The van der Waals surface area contributed by atoms with Crippen LogP contribution in [0.2, 0.25) is 0 Å². The van der Waals surface area contributed by atoms with Crippen LogP contribution < -0.4 is 19.3 Å². The van der Waals surface area contributed by atoms with Crippen LogP contribution >= 0.6 is 22.7 Å². The van der Waals surface area contributed by atoms with Crippen molar-refractivity contribution in [3.8, 4) is 23.0 Å². The molecule has 4 aromatic heterocycles. The normalized spacial score (nSPS) is 14.1. The number of para-hydroxylation sites is 8. The summed E-state index contributed by atoms with van der Waals surface area (Å²) in [6.45, 7) is 0. The first kappa shape index (κ1) is 43.6. The van der Waals surface area contributed by atoms with Crippen molar-refractivity contribution in [1.29, 1.82) is 0 Å². The average Bonchev–Trinajstić information content (AvgIpc) is 2.28. The van der Waals surface area contributed by atoms with E-state index in [1.54, 1.807) is 0 Å².